The van der Waals surface area contributed by atoms with Gasteiger partial charge in [-0.2, -0.15) is 0 Å². The van der Waals surface area contributed by atoms with Crippen LogP contribution in [0.15, 0.2) is 0 Å². The van der Waals surface area contributed by atoms with E-state index in [1.807, 2.05) is 6.92 Å². The highest BCUT2D eigenvalue weighted by Crippen LogP contribution is 2.30. The van der Waals surface area contributed by atoms with Crippen molar-refractivity contribution < 1.29 is 14.3 Å². The first kappa shape index (κ1) is 9.36. The molecule has 0 aliphatic heterocycles. The fourth-order valence-electron chi connectivity index (χ4n) is 1.28. The summed E-state index contributed by atoms with van der Waals surface area (Å²) in [5.41, 5.74) is 0. The van der Waals surface area contributed by atoms with Gasteiger partial charge >= 0.3 is 6.16 Å². The molecule has 1 radical (unpaired) electrons. The second-order valence-electron chi connectivity index (χ2n) is 3.12. The standard InChI is InChI=1S/C9H15O3/c1-3-11-9(10)12-7(2)8-5-4-6-8/h3,7-8H,4-6H2,1-2H3. The third kappa shape index (κ3) is 2.40. The largest absolute Gasteiger partial charge is 0.508 e. The average Bonchev–Trinajstić information content (AvgIpc) is 1.82. The third-order valence-corrected chi connectivity index (χ3v) is 2.31. The highest BCUT2D eigenvalue weighted by molar-refractivity contribution is 5.60. The fraction of sp³-hybridized carbons (Fsp3) is 0.778. The highest BCUT2D eigenvalue weighted by atomic mass is 16.7. The summed E-state index contributed by atoms with van der Waals surface area (Å²) in [5.74, 6) is 0.550. The van der Waals surface area contributed by atoms with E-state index in [1.54, 1.807) is 6.92 Å². The normalized spacial score (nSPS) is 19.5. The van der Waals surface area contributed by atoms with E-state index in [0.29, 0.717) is 5.92 Å². The molecule has 0 bridgehead atoms. The van der Waals surface area contributed by atoms with Crippen LogP contribution in [0, 0.1) is 12.5 Å². The maximum Gasteiger partial charge on any atom is 0.508 e. The lowest BCUT2D eigenvalue weighted by Gasteiger charge is -2.30. The van der Waals surface area contributed by atoms with Crippen molar-refractivity contribution in [3.63, 3.8) is 0 Å². The zero-order chi connectivity index (χ0) is 8.97. The second-order valence-corrected chi connectivity index (χ2v) is 3.12. The SMILES string of the molecule is C[CH]OC(=O)OC(C)C1CCC1. The van der Waals surface area contributed by atoms with Crippen LogP contribution in [0.1, 0.15) is 33.1 Å². The van der Waals surface area contributed by atoms with Crippen molar-refractivity contribution in [2.75, 3.05) is 0 Å². The fourth-order valence-corrected chi connectivity index (χ4v) is 1.28. The van der Waals surface area contributed by atoms with E-state index >= 15 is 0 Å². The lowest BCUT2D eigenvalue weighted by atomic mass is 9.82. The van der Waals surface area contributed by atoms with Gasteiger partial charge in [0, 0.05) is 0 Å². The van der Waals surface area contributed by atoms with Crippen LogP contribution in [0.2, 0.25) is 0 Å². The molecule has 0 aromatic heterocycles. The first-order chi connectivity index (χ1) is 5.74. The summed E-state index contributed by atoms with van der Waals surface area (Å²) in [4.78, 5) is 10.8. The Hall–Kier alpha value is -0.730. The molecule has 0 N–H and O–H groups in total. The zero-order valence-corrected chi connectivity index (χ0v) is 7.58. The van der Waals surface area contributed by atoms with Crippen molar-refractivity contribution >= 4 is 6.16 Å². The van der Waals surface area contributed by atoms with E-state index in [0.717, 1.165) is 0 Å². The van der Waals surface area contributed by atoms with Crippen molar-refractivity contribution in [3.05, 3.63) is 6.61 Å². The molecular formula is C9H15O3. The first-order valence-corrected chi connectivity index (χ1v) is 4.39. The smallest absolute Gasteiger partial charge is 0.431 e. The molecule has 1 aliphatic rings. The average molecular weight is 171 g/mol. The van der Waals surface area contributed by atoms with Crippen molar-refractivity contribution in [1.29, 1.82) is 0 Å². The molecule has 0 spiro atoms. The van der Waals surface area contributed by atoms with Gasteiger partial charge in [0.25, 0.3) is 0 Å². The molecule has 1 fully saturated rings. The van der Waals surface area contributed by atoms with Crippen molar-refractivity contribution in [3.8, 4) is 0 Å². The second kappa shape index (κ2) is 4.33. The van der Waals surface area contributed by atoms with Gasteiger partial charge < -0.3 is 9.47 Å². The van der Waals surface area contributed by atoms with Gasteiger partial charge in [0.05, 0.1) is 0 Å². The molecule has 1 aliphatic carbocycles. The molecule has 12 heavy (non-hydrogen) atoms. The van der Waals surface area contributed by atoms with Crippen molar-refractivity contribution in [1.82, 2.24) is 0 Å². The Bertz CT molecular complexity index is 152. The topological polar surface area (TPSA) is 35.5 Å². The monoisotopic (exact) mass is 171 g/mol. The molecule has 0 amide bonds. The van der Waals surface area contributed by atoms with E-state index in [4.69, 9.17) is 4.74 Å². The molecule has 0 saturated heterocycles. The van der Waals surface area contributed by atoms with Crippen LogP contribution < -0.4 is 0 Å². The Morgan fingerprint density at radius 2 is 2.25 bits per heavy atom. The van der Waals surface area contributed by atoms with Gasteiger partial charge in [-0.15, -0.1) is 0 Å². The maximum absolute atomic E-state index is 10.8. The van der Waals surface area contributed by atoms with E-state index in [1.165, 1.54) is 25.9 Å². The van der Waals surface area contributed by atoms with Gasteiger partial charge in [0.15, 0.2) is 0 Å². The Morgan fingerprint density at radius 3 is 2.67 bits per heavy atom. The maximum atomic E-state index is 10.8. The molecule has 1 atom stereocenters. The quantitative estimate of drug-likeness (QED) is 0.612. The number of rotatable bonds is 3. The van der Waals surface area contributed by atoms with Gasteiger partial charge in [-0.3, -0.25) is 0 Å². The molecular weight excluding hydrogens is 156 g/mol. The molecule has 1 saturated carbocycles. The molecule has 1 rings (SSSR count). The van der Waals surface area contributed by atoms with Crippen LogP contribution in [0.3, 0.4) is 0 Å². The summed E-state index contributed by atoms with van der Waals surface area (Å²) in [6.45, 7) is 4.89. The summed E-state index contributed by atoms with van der Waals surface area (Å²) < 4.78 is 9.55. The first-order valence-electron chi connectivity index (χ1n) is 4.39. The number of carbonyl (C=O) groups excluding carboxylic acids is 1. The minimum Gasteiger partial charge on any atom is -0.431 e. The molecule has 0 heterocycles. The Kier molecular flexibility index (Phi) is 3.38. The van der Waals surface area contributed by atoms with E-state index in [2.05, 4.69) is 4.74 Å². The summed E-state index contributed by atoms with van der Waals surface area (Å²) in [6.07, 6.45) is 3.02. The van der Waals surface area contributed by atoms with E-state index in [-0.39, 0.29) is 6.10 Å². The number of hydrogen-bond acceptors (Lipinski definition) is 3. The highest BCUT2D eigenvalue weighted by Gasteiger charge is 2.26. The van der Waals surface area contributed by atoms with Crippen LogP contribution in [-0.4, -0.2) is 12.3 Å². The summed E-state index contributed by atoms with van der Waals surface area (Å²) in [7, 11) is 0. The Morgan fingerprint density at radius 1 is 1.58 bits per heavy atom. The minimum absolute atomic E-state index is 0.00574. The van der Waals surface area contributed by atoms with Crippen LogP contribution in [0.25, 0.3) is 0 Å². The lowest BCUT2D eigenvalue weighted by molar-refractivity contribution is 0.00480. The summed E-state index contributed by atoms with van der Waals surface area (Å²) in [6, 6.07) is 0. The number of carbonyl (C=O) groups is 1. The van der Waals surface area contributed by atoms with Gasteiger partial charge in [-0.05, 0) is 32.6 Å². The van der Waals surface area contributed by atoms with Crippen LogP contribution in [0.4, 0.5) is 4.79 Å². The van der Waals surface area contributed by atoms with Gasteiger partial charge in [-0.25, -0.2) is 4.79 Å². The Labute approximate surface area is 73.0 Å². The van der Waals surface area contributed by atoms with Crippen LogP contribution in [0.5, 0.6) is 0 Å². The van der Waals surface area contributed by atoms with Gasteiger partial charge in [-0.1, -0.05) is 6.42 Å². The molecule has 0 aromatic carbocycles. The van der Waals surface area contributed by atoms with E-state index < -0.39 is 6.16 Å². The third-order valence-electron chi connectivity index (χ3n) is 2.31. The minimum atomic E-state index is -0.586. The lowest BCUT2D eigenvalue weighted by Crippen LogP contribution is -2.28. The van der Waals surface area contributed by atoms with Crippen molar-refractivity contribution in [2.45, 2.75) is 39.2 Å². The molecule has 3 heteroatoms. The predicted octanol–water partition coefficient (Wildman–Crippen LogP) is 2.51. The van der Waals surface area contributed by atoms with Crippen LogP contribution >= 0.6 is 0 Å². The van der Waals surface area contributed by atoms with Crippen molar-refractivity contribution in [2.24, 2.45) is 5.92 Å². The number of ether oxygens (including phenoxy) is 2. The van der Waals surface area contributed by atoms with E-state index in [9.17, 15) is 4.79 Å². The van der Waals surface area contributed by atoms with Gasteiger partial charge in [0.1, 0.15) is 12.7 Å². The molecule has 0 aromatic rings. The predicted molar refractivity (Wildman–Crippen MR) is 44.3 cm³/mol. The van der Waals surface area contributed by atoms with Crippen LogP contribution in [-0.2, 0) is 9.47 Å². The Balaban J connectivity index is 2.15. The molecule has 3 nitrogen and oxygen atoms in total. The number of hydrogen-bond donors (Lipinski definition) is 0. The molecule has 69 valence electrons. The zero-order valence-electron chi connectivity index (χ0n) is 7.58. The summed E-state index contributed by atoms with van der Waals surface area (Å²) in [5, 5.41) is 0. The molecule has 1 unspecified atom stereocenters. The van der Waals surface area contributed by atoms with Gasteiger partial charge in [0.2, 0.25) is 0 Å². The summed E-state index contributed by atoms with van der Waals surface area (Å²) >= 11 is 0.